The van der Waals surface area contributed by atoms with Crippen LogP contribution in [0.4, 0.5) is 4.39 Å². The topological polar surface area (TPSA) is 20.2 Å². The van der Waals surface area contributed by atoms with E-state index in [1.165, 1.54) is 29.0 Å². The van der Waals surface area contributed by atoms with Gasteiger partial charge >= 0.3 is 0 Å². The van der Waals surface area contributed by atoms with Crippen LogP contribution < -0.4 is 0 Å². The molecule has 1 atom stereocenters. The molecule has 100 valence electrons. The van der Waals surface area contributed by atoms with Crippen molar-refractivity contribution in [3.8, 4) is 0 Å². The minimum Gasteiger partial charge on any atom is -0.389 e. The number of benzene rings is 2. The summed E-state index contributed by atoms with van der Waals surface area (Å²) in [6.45, 7) is 3.71. The van der Waals surface area contributed by atoms with E-state index in [2.05, 4.69) is 0 Å². The lowest BCUT2D eigenvalue weighted by atomic mass is 10.1. The molecule has 0 saturated heterocycles. The lowest BCUT2D eigenvalue weighted by molar-refractivity contribution is 0.195. The van der Waals surface area contributed by atoms with Gasteiger partial charge in [-0.2, -0.15) is 0 Å². The molecule has 2 aromatic carbocycles. The van der Waals surface area contributed by atoms with Crippen LogP contribution in [0.3, 0.4) is 0 Å². The third-order valence-corrected chi connectivity index (χ3v) is 4.26. The van der Waals surface area contributed by atoms with Crippen molar-refractivity contribution < 1.29 is 9.50 Å². The third kappa shape index (κ3) is 3.37. The van der Waals surface area contributed by atoms with Gasteiger partial charge in [0.15, 0.2) is 0 Å². The molecule has 0 saturated carbocycles. The van der Waals surface area contributed by atoms with Crippen LogP contribution in [-0.2, 0) is 5.75 Å². The molecule has 0 fully saturated rings. The summed E-state index contributed by atoms with van der Waals surface area (Å²) in [5.41, 5.74) is 3.04. The Kier molecular flexibility index (Phi) is 4.61. The van der Waals surface area contributed by atoms with E-state index in [0.717, 1.165) is 0 Å². The molecule has 1 N–H and O–H groups in total. The molecule has 2 rings (SSSR count). The number of aliphatic hydroxyl groups is 1. The SMILES string of the molecule is Cc1ccccc1CSc1c(F)cccc1[C@@H](C)O. The molecule has 0 unspecified atom stereocenters. The summed E-state index contributed by atoms with van der Waals surface area (Å²) >= 11 is 1.43. The summed E-state index contributed by atoms with van der Waals surface area (Å²) in [7, 11) is 0. The normalized spacial score (nSPS) is 12.4. The highest BCUT2D eigenvalue weighted by Crippen LogP contribution is 2.32. The van der Waals surface area contributed by atoms with Gasteiger partial charge in [-0.25, -0.2) is 4.39 Å². The molecule has 0 aromatic heterocycles. The van der Waals surface area contributed by atoms with Crippen molar-refractivity contribution >= 4 is 11.8 Å². The van der Waals surface area contributed by atoms with Crippen LogP contribution in [0.25, 0.3) is 0 Å². The fourth-order valence-corrected chi connectivity index (χ4v) is 3.16. The fourth-order valence-electron chi connectivity index (χ4n) is 1.93. The zero-order chi connectivity index (χ0) is 13.8. The predicted octanol–water partition coefficient (Wildman–Crippen LogP) is 4.48. The maximum Gasteiger partial charge on any atom is 0.137 e. The highest BCUT2D eigenvalue weighted by atomic mass is 32.2. The number of halogens is 1. The molecule has 0 heterocycles. The Hall–Kier alpha value is -1.32. The van der Waals surface area contributed by atoms with Crippen LogP contribution in [0.5, 0.6) is 0 Å². The monoisotopic (exact) mass is 276 g/mol. The lowest BCUT2D eigenvalue weighted by Crippen LogP contribution is -1.97. The predicted molar refractivity (Wildman–Crippen MR) is 77.8 cm³/mol. The van der Waals surface area contributed by atoms with Crippen LogP contribution in [0.2, 0.25) is 0 Å². The van der Waals surface area contributed by atoms with Gasteiger partial charge in [0, 0.05) is 10.6 Å². The Bertz CT molecular complexity index is 566. The summed E-state index contributed by atoms with van der Waals surface area (Å²) in [6.07, 6.45) is -0.657. The van der Waals surface area contributed by atoms with Crippen molar-refractivity contribution in [3.05, 3.63) is 65.0 Å². The Balaban J connectivity index is 2.22. The van der Waals surface area contributed by atoms with Crippen molar-refractivity contribution in [1.29, 1.82) is 0 Å². The summed E-state index contributed by atoms with van der Waals surface area (Å²) in [6, 6.07) is 12.9. The molecular weight excluding hydrogens is 259 g/mol. The zero-order valence-corrected chi connectivity index (χ0v) is 11.9. The first-order valence-electron chi connectivity index (χ1n) is 6.23. The first kappa shape index (κ1) is 14.1. The minimum atomic E-state index is -0.657. The molecule has 1 nitrogen and oxygen atoms in total. The van der Waals surface area contributed by atoms with E-state index in [1.54, 1.807) is 19.1 Å². The van der Waals surface area contributed by atoms with Gasteiger partial charge in [-0.05, 0) is 36.6 Å². The highest BCUT2D eigenvalue weighted by molar-refractivity contribution is 7.98. The van der Waals surface area contributed by atoms with E-state index < -0.39 is 6.10 Å². The number of rotatable bonds is 4. The van der Waals surface area contributed by atoms with Gasteiger partial charge < -0.3 is 5.11 Å². The smallest absolute Gasteiger partial charge is 0.137 e. The third-order valence-electron chi connectivity index (χ3n) is 3.08. The van der Waals surface area contributed by atoms with E-state index in [0.29, 0.717) is 16.2 Å². The van der Waals surface area contributed by atoms with Crippen LogP contribution >= 0.6 is 11.8 Å². The van der Waals surface area contributed by atoms with Crippen LogP contribution in [0, 0.1) is 12.7 Å². The first-order chi connectivity index (χ1) is 9.09. The van der Waals surface area contributed by atoms with E-state index in [1.807, 2.05) is 31.2 Å². The number of aliphatic hydroxyl groups excluding tert-OH is 1. The number of hydrogen-bond acceptors (Lipinski definition) is 2. The molecular formula is C16H17FOS. The Morgan fingerprint density at radius 2 is 1.89 bits per heavy atom. The van der Waals surface area contributed by atoms with Crippen molar-refractivity contribution in [1.82, 2.24) is 0 Å². The summed E-state index contributed by atoms with van der Waals surface area (Å²) in [5, 5.41) is 9.70. The van der Waals surface area contributed by atoms with Gasteiger partial charge in [0.2, 0.25) is 0 Å². The van der Waals surface area contributed by atoms with Crippen LogP contribution in [-0.4, -0.2) is 5.11 Å². The molecule has 3 heteroatoms. The number of thioether (sulfide) groups is 1. The first-order valence-corrected chi connectivity index (χ1v) is 7.22. The summed E-state index contributed by atoms with van der Waals surface area (Å²) in [4.78, 5) is 0.542. The minimum absolute atomic E-state index is 0.267. The molecule has 0 aliphatic carbocycles. The van der Waals surface area contributed by atoms with E-state index >= 15 is 0 Å². The quantitative estimate of drug-likeness (QED) is 0.831. The van der Waals surface area contributed by atoms with Gasteiger partial charge in [0.1, 0.15) is 5.82 Å². The van der Waals surface area contributed by atoms with Crippen molar-refractivity contribution in [2.24, 2.45) is 0 Å². The summed E-state index contributed by atoms with van der Waals surface area (Å²) < 4.78 is 13.9. The second-order valence-electron chi connectivity index (χ2n) is 4.55. The average molecular weight is 276 g/mol. The average Bonchev–Trinajstić information content (AvgIpc) is 2.38. The highest BCUT2D eigenvalue weighted by Gasteiger charge is 2.13. The fraction of sp³-hybridized carbons (Fsp3) is 0.250. The van der Waals surface area contributed by atoms with Gasteiger partial charge in [0.05, 0.1) is 6.10 Å². The van der Waals surface area contributed by atoms with Crippen molar-refractivity contribution in [2.45, 2.75) is 30.6 Å². The molecule has 0 aliphatic rings. The zero-order valence-electron chi connectivity index (χ0n) is 11.1. The standard InChI is InChI=1S/C16H17FOS/c1-11-6-3-4-7-13(11)10-19-16-14(12(2)18)8-5-9-15(16)17/h3-9,12,18H,10H2,1-2H3/t12-/m1/s1. The molecule has 0 bridgehead atoms. The Morgan fingerprint density at radius 3 is 2.58 bits per heavy atom. The summed E-state index contributed by atoms with van der Waals surface area (Å²) in [5.74, 6) is 0.435. The molecule has 0 amide bonds. The number of aryl methyl sites for hydroxylation is 1. The molecule has 0 spiro atoms. The van der Waals surface area contributed by atoms with Crippen LogP contribution in [0.15, 0.2) is 47.4 Å². The maximum absolute atomic E-state index is 13.9. The molecule has 0 radical (unpaired) electrons. The second kappa shape index (κ2) is 6.22. The molecule has 0 aliphatic heterocycles. The largest absolute Gasteiger partial charge is 0.389 e. The van der Waals surface area contributed by atoms with Crippen molar-refractivity contribution in [3.63, 3.8) is 0 Å². The molecule has 2 aromatic rings. The van der Waals surface area contributed by atoms with E-state index in [-0.39, 0.29) is 5.82 Å². The van der Waals surface area contributed by atoms with Gasteiger partial charge in [0.25, 0.3) is 0 Å². The van der Waals surface area contributed by atoms with Crippen LogP contribution in [0.1, 0.15) is 29.7 Å². The Morgan fingerprint density at radius 1 is 1.16 bits per heavy atom. The van der Waals surface area contributed by atoms with E-state index in [4.69, 9.17) is 0 Å². The second-order valence-corrected chi connectivity index (χ2v) is 5.53. The maximum atomic E-state index is 13.9. The van der Waals surface area contributed by atoms with Crippen molar-refractivity contribution in [2.75, 3.05) is 0 Å². The molecule has 19 heavy (non-hydrogen) atoms. The van der Waals surface area contributed by atoms with Gasteiger partial charge in [-0.15, -0.1) is 11.8 Å². The lowest BCUT2D eigenvalue weighted by Gasteiger charge is -2.13. The number of hydrogen-bond donors (Lipinski definition) is 1. The van der Waals surface area contributed by atoms with E-state index in [9.17, 15) is 9.50 Å². The Labute approximate surface area is 117 Å². The van der Waals surface area contributed by atoms with Gasteiger partial charge in [-0.1, -0.05) is 36.4 Å². The van der Waals surface area contributed by atoms with Gasteiger partial charge in [-0.3, -0.25) is 0 Å².